The van der Waals surface area contributed by atoms with Crippen molar-refractivity contribution in [3.63, 3.8) is 0 Å². The highest BCUT2D eigenvalue weighted by molar-refractivity contribution is 8.93. The molecule has 0 aliphatic carbocycles. The fourth-order valence-electron chi connectivity index (χ4n) is 0.802. The highest BCUT2D eigenvalue weighted by Crippen LogP contribution is 1.96. The number of hydrogen-bond acceptors (Lipinski definition) is 1. The Bertz CT molecular complexity index is 40.0. The minimum atomic E-state index is 0. The average molecular weight is 224 g/mol. The molecule has 11 heavy (non-hydrogen) atoms. The summed E-state index contributed by atoms with van der Waals surface area (Å²) in [6.45, 7) is 6.86. The van der Waals surface area contributed by atoms with Crippen molar-refractivity contribution >= 4 is 17.0 Å². The highest BCUT2D eigenvalue weighted by atomic mass is 79.9. The van der Waals surface area contributed by atoms with E-state index in [1.165, 1.54) is 45.2 Å². The summed E-state index contributed by atoms with van der Waals surface area (Å²) in [5, 5.41) is 3.28. The van der Waals surface area contributed by atoms with Crippen LogP contribution in [-0.4, -0.2) is 13.1 Å². The van der Waals surface area contributed by atoms with Gasteiger partial charge in [0.05, 0.1) is 0 Å². The van der Waals surface area contributed by atoms with E-state index in [0.29, 0.717) is 0 Å². The summed E-state index contributed by atoms with van der Waals surface area (Å²) in [7, 11) is 0. The summed E-state index contributed by atoms with van der Waals surface area (Å²) in [4.78, 5) is 0. The maximum atomic E-state index is 3.28. The lowest BCUT2D eigenvalue weighted by molar-refractivity contribution is 0.520. The van der Waals surface area contributed by atoms with Gasteiger partial charge in [0, 0.05) is 0 Å². The molecule has 1 aliphatic rings. The molecular weight excluding hydrogens is 202 g/mol. The topological polar surface area (TPSA) is 12.0 Å². The fourth-order valence-corrected chi connectivity index (χ4v) is 0.802. The molecule has 0 spiro atoms. The molecular formula is C9H22BrN. The minimum absolute atomic E-state index is 0. The van der Waals surface area contributed by atoms with E-state index in [2.05, 4.69) is 19.2 Å². The van der Waals surface area contributed by atoms with Gasteiger partial charge in [-0.2, -0.15) is 0 Å². The molecule has 1 nitrogen and oxygen atoms in total. The van der Waals surface area contributed by atoms with Crippen LogP contribution in [0.4, 0.5) is 0 Å². The van der Waals surface area contributed by atoms with Gasteiger partial charge in [-0.1, -0.05) is 33.1 Å². The van der Waals surface area contributed by atoms with Gasteiger partial charge in [-0.25, -0.2) is 0 Å². The van der Waals surface area contributed by atoms with Crippen LogP contribution in [0.3, 0.4) is 0 Å². The fraction of sp³-hybridized carbons (Fsp3) is 1.00. The zero-order valence-corrected chi connectivity index (χ0v) is 9.57. The number of nitrogens with one attached hydrogen (secondary N) is 1. The van der Waals surface area contributed by atoms with Gasteiger partial charge < -0.3 is 5.32 Å². The molecule has 0 aromatic heterocycles. The standard InChI is InChI=1S/C5H11N.C4H10.BrH/c1-2-4-6-5-3-1;1-3-4-2;/h6H,1-5H2;3-4H2,1-2H3;1H. The predicted molar refractivity (Wildman–Crippen MR) is 57.6 cm³/mol. The Labute approximate surface area is 81.7 Å². The van der Waals surface area contributed by atoms with Crippen LogP contribution < -0.4 is 5.32 Å². The Kier molecular flexibility index (Phi) is 16.6. The Morgan fingerprint density at radius 1 is 0.909 bits per heavy atom. The van der Waals surface area contributed by atoms with Crippen molar-refractivity contribution in [2.45, 2.75) is 46.0 Å². The molecule has 1 fully saturated rings. The summed E-state index contributed by atoms with van der Waals surface area (Å²) < 4.78 is 0. The van der Waals surface area contributed by atoms with Crippen LogP contribution >= 0.6 is 17.0 Å². The van der Waals surface area contributed by atoms with Crippen LogP contribution in [0, 0.1) is 0 Å². The van der Waals surface area contributed by atoms with Gasteiger partial charge in [-0.15, -0.1) is 17.0 Å². The minimum Gasteiger partial charge on any atom is -0.317 e. The van der Waals surface area contributed by atoms with Crippen LogP contribution in [0.5, 0.6) is 0 Å². The Morgan fingerprint density at radius 2 is 1.36 bits per heavy atom. The van der Waals surface area contributed by atoms with Crippen molar-refractivity contribution in [3.8, 4) is 0 Å². The zero-order chi connectivity index (χ0) is 7.66. The van der Waals surface area contributed by atoms with Crippen molar-refractivity contribution in [1.82, 2.24) is 5.32 Å². The van der Waals surface area contributed by atoms with Crippen molar-refractivity contribution in [2.75, 3.05) is 13.1 Å². The number of piperidine rings is 1. The van der Waals surface area contributed by atoms with Crippen LogP contribution in [0.25, 0.3) is 0 Å². The lowest BCUT2D eigenvalue weighted by atomic mass is 10.2. The largest absolute Gasteiger partial charge is 0.317 e. The van der Waals surface area contributed by atoms with E-state index >= 15 is 0 Å². The molecule has 0 radical (unpaired) electrons. The van der Waals surface area contributed by atoms with Gasteiger partial charge >= 0.3 is 0 Å². The molecule has 0 unspecified atom stereocenters. The van der Waals surface area contributed by atoms with Gasteiger partial charge in [-0.3, -0.25) is 0 Å². The van der Waals surface area contributed by atoms with Crippen molar-refractivity contribution in [3.05, 3.63) is 0 Å². The third kappa shape index (κ3) is 13.4. The molecule has 70 valence electrons. The number of hydrogen-bond donors (Lipinski definition) is 1. The molecule has 2 heteroatoms. The van der Waals surface area contributed by atoms with E-state index < -0.39 is 0 Å². The predicted octanol–water partition coefficient (Wildman–Crippen LogP) is 3.14. The third-order valence-corrected chi connectivity index (χ3v) is 1.71. The van der Waals surface area contributed by atoms with E-state index in [1.807, 2.05) is 0 Å². The number of rotatable bonds is 1. The summed E-state index contributed by atoms with van der Waals surface area (Å²) in [6.07, 6.45) is 6.85. The van der Waals surface area contributed by atoms with E-state index in [9.17, 15) is 0 Å². The quantitative estimate of drug-likeness (QED) is 0.721. The Morgan fingerprint density at radius 3 is 1.45 bits per heavy atom. The normalized spacial score (nSPS) is 15.8. The van der Waals surface area contributed by atoms with Crippen LogP contribution in [-0.2, 0) is 0 Å². The molecule has 0 bridgehead atoms. The van der Waals surface area contributed by atoms with E-state index in [-0.39, 0.29) is 17.0 Å². The monoisotopic (exact) mass is 223 g/mol. The van der Waals surface area contributed by atoms with E-state index in [0.717, 1.165) is 0 Å². The first-order valence-corrected chi connectivity index (χ1v) is 4.62. The summed E-state index contributed by atoms with van der Waals surface area (Å²) in [5.74, 6) is 0. The maximum Gasteiger partial charge on any atom is -0.00489 e. The molecule has 1 N–H and O–H groups in total. The summed E-state index contributed by atoms with van der Waals surface area (Å²) in [5.41, 5.74) is 0. The van der Waals surface area contributed by atoms with Crippen LogP contribution in [0.15, 0.2) is 0 Å². The van der Waals surface area contributed by atoms with Gasteiger partial charge in [-0.05, 0) is 25.9 Å². The molecule has 0 saturated carbocycles. The highest BCUT2D eigenvalue weighted by Gasteiger charge is 1.93. The zero-order valence-electron chi connectivity index (χ0n) is 7.86. The molecule has 0 atom stereocenters. The van der Waals surface area contributed by atoms with Crippen molar-refractivity contribution in [1.29, 1.82) is 0 Å². The van der Waals surface area contributed by atoms with Gasteiger partial charge in [0.1, 0.15) is 0 Å². The first-order valence-electron chi connectivity index (χ1n) is 4.62. The van der Waals surface area contributed by atoms with Crippen LogP contribution in [0.1, 0.15) is 46.0 Å². The van der Waals surface area contributed by atoms with Gasteiger partial charge in [0.2, 0.25) is 0 Å². The first kappa shape index (κ1) is 14.0. The molecule has 0 aromatic carbocycles. The lowest BCUT2D eigenvalue weighted by Gasteiger charge is -2.08. The molecule has 1 saturated heterocycles. The Balaban J connectivity index is 0. The summed E-state index contributed by atoms with van der Waals surface area (Å²) in [6, 6.07) is 0. The molecule has 1 heterocycles. The second-order valence-corrected chi connectivity index (χ2v) is 2.81. The van der Waals surface area contributed by atoms with E-state index in [1.54, 1.807) is 0 Å². The van der Waals surface area contributed by atoms with Crippen molar-refractivity contribution < 1.29 is 0 Å². The molecule has 1 rings (SSSR count). The van der Waals surface area contributed by atoms with E-state index in [4.69, 9.17) is 0 Å². The Hall–Kier alpha value is 0.440. The molecule has 1 aliphatic heterocycles. The van der Waals surface area contributed by atoms with Crippen LogP contribution in [0.2, 0.25) is 0 Å². The number of halogens is 1. The second-order valence-electron chi connectivity index (χ2n) is 2.81. The van der Waals surface area contributed by atoms with Gasteiger partial charge in [0.15, 0.2) is 0 Å². The summed E-state index contributed by atoms with van der Waals surface area (Å²) >= 11 is 0. The SMILES string of the molecule is Br.C1CCNCC1.CCCC. The third-order valence-electron chi connectivity index (χ3n) is 1.71. The lowest BCUT2D eigenvalue weighted by Crippen LogP contribution is -2.21. The molecule has 0 amide bonds. The van der Waals surface area contributed by atoms with Crippen molar-refractivity contribution in [2.24, 2.45) is 0 Å². The van der Waals surface area contributed by atoms with Gasteiger partial charge in [0.25, 0.3) is 0 Å². The molecule has 0 aromatic rings. The second kappa shape index (κ2) is 13.1. The first-order chi connectivity index (χ1) is 4.91. The average Bonchev–Trinajstić information content (AvgIpc) is 2.08. The number of unbranched alkanes of at least 4 members (excludes halogenated alkanes) is 1. The smallest absolute Gasteiger partial charge is 0.00489 e. The maximum absolute atomic E-state index is 3.28.